The Morgan fingerprint density at radius 3 is 2.92 bits per heavy atom. The lowest BCUT2D eigenvalue weighted by atomic mass is 10.1. The lowest BCUT2D eigenvalue weighted by Crippen LogP contribution is -2.24. The summed E-state index contributed by atoms with van der Waals surface area (Å²) in [6.07, 6.45) is 5.76. The minimum absolute atomic E-state index is 0.0100. The van der Waals surface area contributed by atoms with Gasteiger partial charge in [0.1, 0.15) is 23.2 Å². The summed E-state index contributed by atoms with van der Waals surface area (Å²) in [5.41, 5.74) is 0.959. The van der Waals surface area contributed by atoms with Gasteiger partial charge in [0.15, 0.2) is 5.82 Å². The summed E-state index contributed by atoms with van der Waals surface area (Å²) in [5.74, 6) is -0.521. The minimum Gasteiger partial charge on any atom is -0.487 e. The second-order valence-corrected chi connectivity index (χ2v) is 5.78. The Morgan fingerprint density at radius 2 is 2.08 bits per heavy atom. The van der Waals surface area contributed by atoms with Crippen LogP contribution in [0, 0.1) is 11.6 Å². The number of pyridine rings is 2. The zero-order valence-electron chi connectivity index (χ0n) is 12.8. The van der Waals surface area contributed by atoms with Crippen LogP contribution in [0.4, 0.5) is 14.5 Å². The largest absolute Gasteiger partial charge is 0.487 e. The van der Waals surface area contributed by atoms with Crippen LogP contribution in [-0.4, -0.2) is 29.2 Å². The highest BCUT2D eigenvalue weighted by atomic mass is 19.1. The lowest BCUT2D eigenvalue weighted by Gasteiger charge is -2.20. The van der Waals surface area contributed by atoms with Crippen LogP contribution >= 0.6 is 0 Å². The predicted molar refractivity (Wildman–Crippen MR) is 87.1 cm³/mol. The molecule has 1 saturated heterocycles. The van der Waals surface area contributed by atoms with Gasteiger partial charge in [0.2, 0.25) is 0 Å². The monoisotopic (exact) mass is 327 g/mol. The fourth-order valence-corrected chi connectivity index (χ4v) is 3.09. The van der Waals surface area contributed by atoms with Crippen LogP contribution in [0.2, 0.25) is 0 Å². The summed E-state index contributed by atoms with van der Waals surface area (Å²) in [7, 11) is 0. The molecule has 0 aliphatic carbocycles. The maximum Gasteiger partial charge on any atom is 0.152 e. The van der Waals surface area contributed by atoms with Crippen molar-refractivity contribution in [3.63, 3.8) is 0 Å². The topological polar surface area (TPSA) is 38.2 Å². The third-order valence-electron chi connectivity index (χ3n) is 4.16. The van der Waals surface area contributed by atoms with Crippen molar-refractivity contribution in [3.05, 3.63) is 60.6 Å². The molecule has 1 unspecified atom stereocenters. The summed E-state index contributed by atoms with van der Waals surface area (Å²) < 4.78 is 33.5. The fraction of sp³-hybridized carbons (Fsp3) is 0.222. The first-order valence-corrected chi connectivity index (χ1v) is 7.76. The van der Waals surface area contributed by atoms with Crippen molar-refractivity contribution in [2.24, 2.45) is 0 Å². The van der Waals surface area contributed by atoms with E-state index in [2.05, 4.69) is 14.9 Å². The van der Waals surface area contributed by atoms with E-state index >= 15 is 0 Å². The first kappa shape index (κ1) is 14.8. The van der Waals surface area contributed by atoms with Gasteiger partial charge in [0, 0.05) is 42.5 Å². The Kier molecular flexibility index (Phi) is 3.72. The Balaban J connectivity index is 1.60. The number of nitrogens with zero attached hydrogens (tertiary/aromatic N) is 3. The molecule has 0 radical (unpaired) electrons. The molecule has 1 fully saturated rings. The number of halogens is 2. The normalized spacial score (nSPS) is 17.4. The average Bonchev–Trinajstić information content (AvgIpc) is 3.03. The van der Waals surface area contributed by atoms with E-state index in [1.54, 1.807) is 24.7 Å². The van der Waals surface area contributed by atoms with E-state index in [1.807, 2.05) is 12.1 Å². The lowest BCUT2D eigenvalue weighted by molar-refractivity contribution is 0.224. The molecule has 24 heavy (non-hydrogen) atoms. The third kappa shape index (κ3) is 2.75. The minimum atomic E-state index is -0.644. The van der Waals surface area contributed by atoms with E-state index in [4.69, 9.17) is 4.74 Å². The predicted octanol–water partition coefficient (Wildman–Crippen LogP) is 3.57. The average molecular weight is 327 g/mol. The zero-order valence-corrected chi connectivity index (χ0v) is 12.8. The first-order valence-electron chi connectivity index (χ1n) is 7.76. The number of hydrogen-bond donors (Lipinski definition) is 0. The van der Waals surface area contributed by atoms with Crippen molar-refractivity contribution in [1.82, 2.24) is 9.97 Å². The number of ether oxygens (including phenoxy) is 1. The van der Waals surface area contributed by atoms with Crippen LogP contribution in [0.25, 0.3) is 10.9 Å². The van der Waals surface area contributed by atoms with Crippen molar-refractivity contribution in [3.8, 4) is 5.75 Å². The molecule has 122 valence electrons. The van der Waals surface area contributed by atoms with Crippen molar-refractivity contribution < 1.29 is 13.5 Å². The Hall–Kier alpha value is -2.76. The number of fused-ring (bicyclic) bond motifs is 1. The highest BCUT2D eigenvalue weighted by Gasteiger charge is 2.26. The number of anilines is 1. The Morgan fingerprint density at radius 1 is 1.17 bits per heavy atom. The van der Waals surface area contributed by atoms with Crippen LogP contribution in [0.1, 0.15) is 6.42 Å². The van der Waals surface area contributed by atoms with Gasteiger partial charge in [-0.05, 0) is 24.3 Å². The second kappa shape index (κ2) is 6.03. The smallest absolute Gasteiger partial charge is 0.152 e. The van der Waals surface area contributed by atoms with E-state index in [1.165, 1.54) is 6.07 Å². The quantitative estimate of drug-likeness (QED) is 0.737. The van der Waals surface area contributed by atoms with E-state index in [9.17, 15) is 8.78 Å². The molecule has 4 nitrogen and oxygen atoms in total. The fourth-order valence-electron chi connectivity index (χ4n) is 3.09. The van der Waals surface area contributed by atoms with Gasteiger partial charge < -0.3 is 9.64 Å². The number of rotatable bonds is 3. The van der Waals surface area contributed by atoms with Crippen LogP contribution in [0.3, 0.4) is 0 Å². The molecular formula is C18H15F2N3O. The van der Waals surface area contributed by atoms with Crippen molar-refractivity contribution in [2.45, 2.75) is 12.5 Å². The first-order chi connectivity index (χ1) is 11.7. The molecule has 4 rings (SSSR count). The molecule has 0 amide bonds. The van der Waals surface area contributed by atoms with Gasteiger partial charge in [-0.3, -0.25) is 9.97 Å². The maximum absolute atomic E-state index is 13.9. The molecule has 3 heterocycles. The molecule has 6 heteroatoms. The SMILES string of the molecule is Fc1cc(F)c2nccc(N3CCC(Oc4cccnc4)C3)c2c1. The summed E-state index contributed by atoms with van der Waals surface area (Å²) in [6.45, 7) is 1.40. The number of benzene rings is 1. The van der Waals surface area contributed by atoms with Gasteiger partial charge in [-0.2, -0.15) is 0 Å². The summed E-state index contributed by atoms with van der Waals surface area (Å²) in [4.78, 5) is 10.1. The van der Waals surface area contributed by atoms with Gasteiger partial charge in [0.05, 0.1) is 12.7 Å². The van der Waals surface area contributed by atoms with E-state index in [0.717, 1.165) is 30.5 Å². The van der Waals surface area contributed by atoms with Gasteiger partial charge in [-0.25, -0.2) is 8.78 Å². The highest BCUT2D eigenvalue weighted by Crippen LogP contribution is 2.31. The Labute approximate surface area is 137 Å². The molecule has 0 spiro atoms. The highest BCUT2D eigenvalue weighted by molar-refractivity contribution is 5.92. The zero-order chi connectivity index (χ0) is 16.5. The summed E-state index contributed by atoms with van der Waals surface area (Å²) in [6, 6.07) is 7.66. The molecule has 1 aliphatic rings. The Bertz CT molecular complexity index is 873. The molecule has 2 aromatic heterocycles. The van der Waals surface area contributed by atoms with Crippen molar-refractivity contribution in [2.75, 3.05) is 18.0 Å². The van der Waals surface area contributed by atoms with Crippen LogP contribution in [-0.2, 0) is 0 Å². The van der Waals surface area contributed by atoms with Gasteiger partial charge in [-0.15, -0.1) is 0 Å². The van der Waals surface area contributed by atoms with E-state index in [-0.39, 0.29) is 11.6 Å². The maximum atomic E-state index is 13.9. The van der Waals surface area contributed by atoms with Gasteiger partial charge >= 0.3 is 0 Å². The molecule has 1 aliphatic heterocycles. The van der Waals surface area contributed by atoms with Crippen molar-refractivity contribution in [1.29, 1.82) is 0 Å². The molecule has 0 N–H and O–H groups in total. The second-order valence-electron chi connectivity index (χ2n) is 5.78. The van der Waals surface area contributed by atoms with Gasteiger partial charge in [-0.1, -0.05) is 0 Å². The van der Waals surface area contributed by atoms with E-state index in [0.29, 0.717) is 11.9 Å². The van der Waals surface area contributed by atoms with E-state index < -0.39 is 11.6 Å². The molecule has 3 aromatic rings. The summed E-state index contributed by atoms with van der Waals surface area (Å²) >= 11 is 0. The van der Waals surface area contributed by atoms with Crippen LogP contribution in [0.15, 0.2) is 48.9 Å². The molecule has 1 aromatic carbocycles. The molecular weight excluding hydrogens is 312 g/mol. The van der Waals surface area contributed by atoms with Crippen LogP contribution in [0.5, 0.6) is 5.75 Å². The number of aromatic nitrogens is 2. The molecule has 0 bridgehead atoms. The van der Waals surface area contributed by atoms with Crippen LogP contribution < -0.4 is 9.64 Å². The molecule has 0 saturated carbocycles. The van der Waals surface area contributed by atoms with Crippen molar-refractivity contribution >= 4 is 16.6 Å². The standard InChI is InChI=1S/C18H15F2N3O/c19-12-8-15-17(3-6-22-18(15)16(20)9-12)23-7-4-14(11-23)24-13-2-1-5-21-10-13/h1-3,5-6,8-10,14H,4,7,11H2. The third-order valence-corrected chi connectivity index (χ3v) is 4.16. The molecule has 1 atom stereocenters. The van der Waals surface area contributed by atoms with Gasteiger partial charge in [0.25, 0.3) is 0 Å². The summed E-state index contributed by atoms with van der Waals surface area (Å²) in [5, 5.41) is 0.483. The number of hydrogen-bond acceptors (Lipinski definition) is 4.